The lowest BCUT2D eigenvalue weighted by Crippen LogP contribution is -1.96. The molecule has 1 aromatic carbocycles. The van der Waals surface area contributed by atoms with Gasteiger partial charge < -0.3 is 10.2 Å². The molecule has 2 N–H and O–H groups in total. The number of hydrogen-bond donors (Lipinski definition) is 2. The molecule has 0 saturated carbocycles. The van der Waals surface area contributed by atoms with Crippen molar-refractivity contribution in [3.05, 3.63) is 23.8 Å². The first-order valence-corrected chi connectivity index (χ1v) is 3.75. The molecular weight excluding hydrogens is 180 g/mol. The third-order valence-electron chi connectivity index (χ3n) is 1.29. The van der Waals surface area contributed by atoms with Gasteiger partial charge in [-0.25, -0.2) is 4.79 Å². The summed E-state index contributed by atoms with van der Waals surface area (Å²) in [5.74, 6) is -1.58. The molecule has 5 heteroatoms. The quantitative estimate of drug-likeness (QED) is 0.670. The molecule has 0 aliphatic rings. The van der Waals surface area contributed by atoms with E-state index in [0.717, 1.165) is 6.07 Å². The van der Waals surface area contributed by atoms with Gasteiger partial charge in [-0.15, -0.1) is 0 Å². The van der Waals surface area contributed by atoms with Crippen LogP contribution in [0, 0.1) is 0 Å². The fourth-order valence-corrected chi connectivity index (χ4v) is 1.03. The zero-order valence-electron chi connectivity index (χ0n) is 5.85. The van der Waals surface area contributed by atoms with Crippen molar-refractivity contribution in [3.63, 3.8) is 0 Å². The molecule has 0 heterocycles. The average molecular weight is 185 g/mol. The molecule has 4 nitrogen and oxygen atoms in total. The molecule has 1 aromatic rings. The molecular formula is C7H5O4S+. The minimum absolute atomic E-state index is 0.185. The summed E-state index contributed by atoms with van der Waals surface area (Å²) in [5, 5.41) is 17.5. The topological polar surface area (TPSA) is 74.6 Å². The van der Waals surface area contributed by atoms with Crippen molar-refractivity contribution in [2.45, 2.75) is 4.90 Å². The fraction of sp³-hybridized carbons (Fsp3) is 0. The molecule has 12 heavy (non-hydrogen) atoms. The first-order valence-electron chi connectivity index (χ1n) is 3.01. The van der Waals surface area contributed by atoms with E-state index in [-0.39, 0.29) is 27.9 Å². The summed E-state index contributed by atoms with van der Waals surface area (Å²) >= 11 is 0.185. The number of rotatable bonds is 2. The van der Waals surface area contributed by atoms with Crippen molar-refractivity contribution in [3.8, 4) is 5.75 Å². The Morgan fingerprint density at radius 2 is 2.08 bits per heavy atom. The Labute approximate surface area is 72.0 Å². The minimum Gasteiger partial charge on any atom is -0.507 e. The van der Waals surface area contributed by atoms with E-state index in [1.54, 1.807) is 0 Å². The number of carboxylic acid groups (broad SMARTS) is 1. The molecule has 0 amide bonds. The third kappa shape index (κ3) is 1.57. The van der Waals surface area contributed by atoms with Crippen LogP contribution in [-0.4, -0.2) is 16.2 Å². The lowest BCUT2D eigenvalue weighted by atomic mass is 10.2. The largest absolute Gasteiger partial charge is 0.507 e. The molecule has 0 saturated heterocycles. The summed E-state index contributed by atoms with van der Waals surface area (Å²) < 4.78 is 10.3. The highest BCUT2D eigenvalue weighted by Gasteiger charge is 2.15. The second kappa shape index (κ2) is 3.27. The highest BCUT2D eigenvalue weighted by atomic mass is 32.1. The predicted octanol–water partition coefficient (Wildman–Crippen LogP) is 0.877. The summed E-state index contributed by atoms with van der Waals surface area (Å²) in [5.41, 5.74) is -0.254. The summed E-state index contributed by atoms with van der Waals surface area (Å²) in [6, 6.07) is 3.68. The van der Waals surface area contributed by atoms with Crippen molar-refractivity contribution >= 4 is 17.6 Å². The predicted molar refractivity (Wildman–Crippen MR) is 41.4 cm³/mol. The van der Waals surface area contributed by atoms with E-state index in [1.807, 2.05) is 0 Å². The molecule has 1 rings (SSSR count). The lowest BCUT2D eigenvalue weighted by molar-refractivity contribution is 0.0693. The summed E-state index contributed by atoms with van der Waals surface area (Å²) in [6.45, 7) is 0. The number of carbonyl (C=O) groups is 1. The normalized spacial score (nSPS) is 9.33. The van der Waals surface area contributed by atoms with Gasteiger partial charge >= 0.3 is 17.6 Å². The van der Waals surface area contributed by atoms with Crippen LogP contribution >= 0.6 is 0 Å². The van der Waals surface area contributed by atoms with Gasteiger partial charge in [0.1, 0.15) is 11.3 Å². The molecule has 0 aliphatic heterocycles. The number of aromatic hydroxyl groups is 1. The molecule has 0 atom stereocenters. The molecule has 0 unspecified atom stereocenters. The van der Waals surface area contributed by atoms with Crippen LogP contribution in [0.15, 0.2) is 23.1 Å². The average Bonchev–Trinajstić information content (AvgIpc) is 2.05. The van der Waals surface area contributed by atoms with Crippen LogP contribution < -0.4 is 0 Å². The van der Waals surface area contributed by atoms with Gasteiger partial charge in [0, 0.05) is 16.3 Å². The van der Waals surface area contributed by atoms with Gasteiger partial charge in [-0.05, 0) is 6.07 Å². The Hall–Kier alpha value is -1.49. The van der Waals surface area contributed by atoms with Crippen LogP contribution in [0.25, 0.3) is 0 Å². The maximum absolute atomic E-state index is 10.4. The van der Waals surface area contributed by atoms with E-state index in [2.05, 4.69) is 0 Å². The van der Waals surface area contributed by atoms with Crippen LogP contribution in [0.1, 0.15) is 10.4 Å². The lowest BCUT2D eigenvalue weighted by Gasteiger charge is -1.94. The maximum atomic E-state index is 10.4. The first-order chi connectivity index (χ1) is 5.65. The Morgan fingerprint density at radius 3 is 2.58 bits per heavy atom. The van der Waals surface area contributed by atoms with E-state index in [0.29, 0.717) is 0 Å². The van der Waals surface area contributed by atoms with Crippen LogP contribution in [0.2, 0.25) is 0 Å². The third-order valence-corrected chi connectivity index (χ3v) is 1.74. The second-order valence-electron chi connectivity index (χ2n) is 2.07. The molecule has 0 radical (unpaired) electrons. The van der Waals surface area contributed by atoms with E-state index in [4.69, 9.17) is 10.2 Å². The first kappa shape index (κ1) is 8.61. The van der Waals surface area contributed by atoms with Gasteiger partial charge in [-0.2, -0.15) is 0 Å². The fourth-order valence-electron chi connectivity index (χ4n) is 0.738. The second-order valence-corrected chi connectivity index (χ2v) is 2.71. The van der Waals surface area contributed by atoms with E-state index >= 15 is 0 Å². The zero-order chi connectivity index (χ0) is 9.14. The zero-order valence-corrected chi connectivity index (χ0v) is 6.67. The highest BCUT2D eigenvalue weighted by Crippen LogP contribution is 2.18. The van der Waals surface area contributed by atoms with Gasteiger partial charge in [0.2, 0.25) is 0 Å². The highest BCUT2D eigenvalue weighted by molar-refractivity contribution is 7.65. The molecule has 0 bridgehead atoms. The van der Waals surface area contributed by atoms with Crippen molar-refractivity contribution in [1.29, 1.82) is 0 Å². The van der Waals surface area contributed by atoms with Crippen LogP contribution in [0.5, 0.6) is 5.75 Å². The number of aromatic carboxylic acids is 1. The van der Waals surface area contributed by atoms with Crippen molar-refractivity contribution in [1.82, 2.24) is 0 Å². The smallest absolute Gasteiger partial charge is 0.505 e. The van der Waals surface area contributed by atoms with Gasteiger partial charge in [0.15, 0.2) is 0 Å². The number of carboxylic acids is 1. The van der Waals surface area contributed by atoms with E-state index < -0.39 is 5.97 Å². The number of hydrogen-bond acceptors (Lipinski definition) is 3. The van der Waals surface area contributed by atoms with Gasteiger partial charge in [0.25, 0.3) is 4.90 Å². The van der Waals surface area contributed by atoms with Crippen molar-refractivity contribution in [2.75, 3.05) is 0 Å². The minimum atomic E-state index is -1.25. The molecule has 0 aliphatic carbocycles. The van der Waals surface area contributed by atoms with Gasteiger partial charge in [-0.1, -0.05) is 0 Å². The molecule has 0 fully saturated rings. The Balaban J connectivity index is 3.25. The van der Waals surface area contributed by atoms with E-state index in [9.17, 15) is 9.00 Å². The van der Waals surface area contributed by atoms with Crippen LogP contribution in [0.3, 0.4) is 0 Å². The van der Waals surface area contributed by atoms with Crippen molar-refractivity contribution in [2.24, 2.45) is 0 Å². The maximum Gasteiger partial charge on any atom is 0.505 e. The Kier molecular flexibility index (Phi) is 2.35. The van der Waals surface area contributed by atoms with Crippen molar-refractivity contribution < 1.29 is 19.2 Å². The Morgan fingerprint density at radius 1 is 1.42 bits per heavy atom. The summed E-state index contributed by atoms with van der Waals surface area (Å²) in [4.78, 5) is 10.7. The molecule has 0 aromatic heterocycles. The van der Waals surface area contributed by atoms with E-state index in [1.165, 1.54) is 12.1 Å². The monoisotopic (exact) mass is 185 g/mol. The molecule has 0 spiro atoms. The van der Waals surface area contributed by atoms with Gasteiger partial charge in [-0.3, -0.25) is 0 Å². The number of phenols is 1. The standard InChI is InChI=1S/C7H4O4S/c8-6-2-1-4(12-11)3-5(6)7(9)10/h1-3H,(H-,8,9,10,11)/p+1. The summed E-state index contributed by atoms with van der Waals surface area (Å²) in [6.07, 6.45) is 0. The summed E-state index contributed by atoms with van der Waals surface area (Å²) in [7, 11) is 0. The van der Waals surface area contributed by atoms with Crippen LogP contribution in [-0.2, 0) is 15.9 Å². The number of benzene rings is 1. The Bertz CT molecular complexity index is 334. The molecule has 62 valence electrons. The SMILES string of the molecule is O=[S+]c1ccc(O)c(C(=O)O)c1. The van der Waals surface area contributed by atoms with Gasteiger partial charge in [0.05, 0.1) is 0 Å². The van der Waals surface area contributed by atoms with Crippen LogP contribution in [0.4, 0.5) is 0 Å².